The van der Waals surface area contributed by atoms with E-state index >= 15 is 0 Å². The van der Waals surface area contributed by atoms with Gasteiger partial charge in [0.25, 0.3) is 16.8 Å². The molecule has 1 aromatic heterocycles. The van der Waals surface area contributed by atoms with Crippen molar-refractivity contribution in [2.45, 2.75) is 19.8 Å². The summed E-state index contributed by atoms with van der Waals surface area (Å²) < 4.78 is 10.5. The first-order valence-corrected chi connectivity index (χ1v) is 10.5. The average molecular weight is 457 g/mol. The molecule has 1 saturated heterocycles. The third-order valence-electron chi connectivity index (χ3n) is 4.25. The van der Waals surface area contributed by atoms with E-state index in [1.165, 1.54) is 12.1 Å². The molecule has 0 atom stereocenters. The van der Waals surface area contributed by atoms with Crippen LogP contribution in [0.2, 0.25) is 0 Å². The van der Waals surface area contributed by atoms with Gasteiger partial charge in [-0.2, -0.15) is 0 Å². The van der Waals surface area contributed by atoms with E-state index in [0.717, 1.165) is 29.3 Å². The van der Waals surface area contributed by atoms with E-state index in [0.29, 0.717) is 17.7 Å². The zero-order valence-corrected chi connectivity index (χ0v) is 17.9. The van der Waals surface area contributed by atoms with Crippen LogP contribution < -0.4 is 4.74 Å². The molecule has 1 aliphatic rings. The molecule has 0 radical (unpaired) electrons. The standard InChI is InChI=1S/C21H19N3O7S/c1-2-3-10-30-19(25)13-23-20(26)17(32-21(23)27)11-14-4-7-16(8-5-14)31-18-9-6-15(12-22-18)24(28)29/h4-9,11-12H,2-3,10,13H2,1H3/b17-11-. The summed E-state index contributed by atoms with van der Waals surface area (Å²) in [5.41, 5.74) is 0.501. The second-order valence-electron chi connectivity index (χ2n) is 6.62. The largest absolute Gasteiger partial charge is 0.464 e. The van der Waals surface area contributed by atoms with Crippen LogP contribution in [0.3, 0.4) is 0 Å². The van der Waals surface area contributed by atoms with E-state index in [2.05, 4.69) is 4.98 Å². The first-order chi connectivity index (χ1) is 15.4. The summed E-state index contributed by atoms with van der Waals surface area (Å²) >= 11 is 0.752. The Hall–Kier alpha value is -3.73. The predicted molar refractivity (Wildman–Crippen MR) is 116 cm³/mol. The molecule has 1 aromatic carbocycles. The quantitative estimate of drug-likeness (QED) is 0.179. The molecular formula is C21H19N3O7S. The van der Waals surface area contributed by atoms with Gasteiger partial charge in [0.2, 0.25) is 5.88 Å². The van der Waals surface area contributed by atoms with Crippen LogP contribution in [-0.2, 0) is 14.3 Å². The second-order valence-corrected chi connectivity index (χ2v) is 7.62. The third kappa shape index (κ3) is 5.91. The maximum Gasteiger partial charge on any atom is 0.326 e. The number of thioether (sulfide) groups is 1. The number of carbonyl (C=O) groups is 3. The zero-order valence-electron chi connectivity index (χ0n) is 17.1. The molecule has 10 nitrogen and oxygen atoms in total. The molecule has 2 aromatic rings. The average Bonchev–Trinajstić information content (AvgIpc) is 3.03. The molecule has 0 spiro atoms. The molecule has 0 unspecified atom stereocenters. The highest BCUT2D eigenvalue weighted by atomic mass is 32.2. The molecule has 0 saturated carbocycles. The first-order valence-electron chi connectivity index (χ1n) is 9.66. The van der Waals surface area contributed by atoms with Gasteiger partial charge in [0.1, 0.15) is 18.5 Å². The summed E-state index contributed by atoms with van der Waals surface area (Å²) in [6.07, 6.45) is 4.22. The molecule has 1 fully saturated rings. The van der Waals surface area contributed by atoms with Gasteiger partial charge in [-0.15, -0.1) is 0 Å². The van der Waals surface area contributed by atoms with Crippen LogP contribution in [0.1, 0.15) is 25.3 Å². The molecule has 0 bridgehead atoms. The van der Waals surface area contributed by atoms with Crippen molar-refractivity contribution in [2.75, 3.05) is 13.2 Å². The minimum absolute atomic E-state index is 0.143. The lowest BCUT2D eigenvalue weighted by atomic mass is 10.2. The number of esters is 1. The van der Waals surface area contributed by atoms with Crippen molar-refractivity contribution >= 4 is 40.6 Å². The van der Waals surface area contributed by atoms with Crippen LogP contribution in [0.5, 0.6) is 11.6 Å². The Bertz CT molecular complexity index is 1050. The van der Waals surface area contributed by atoms with Crippen LogP contribution in [0.15, 0.2) is 47.5 Å². The fourth-order valence-corrected chi connectivity index (χ4v) is 3.42. The van der Waals surface area contributed by atoms with Crippen molar-refractivity contribution in [3.8, 4) is 11.6 Å². The number of benzene rings is 1. The molecular weight excluding hydrogens is 438 g/mol. The molecule has 166 valence electrons. The number of pyridine rings is 1. The van der Waals surface area contributed by atoms with Gasteiger partial charge >= 0.3 is 5.97 Å². The number of ether oxygens (including phenoxy) is 2. The van der Waals surface area contributed by atoms with Crippen LogP contribution >= 0.6 is 11.8 Å². The second kappa shape index (κ2) is 10.5. The van der Waals surface area contributed by atoms with E-state index in [9.17, 15) is 24.5 Å². The zero-order chi connectivity index (χ0) is 23.1. The SMILES string of the molecule is CCCCOC(=O)CN1C(=O)S/C(=C\c2ccc(Oc3ccc([N+](=O)[O-])cn3)cc2)C1=O. The highest BCUT2D eigenvalue weighted by molar-refractivity contribution is 8.18. The van der Waals surface area contributed by atoms with Crippen LogP contribution in [-0.4, -0.2) is 45.1 Å². The summed E-state index contributed by atoms with van der Waals surface area (Å²) in [5, 5.41) is 10.1. The number of hydrogen-bond acceptors (Lipinski definition) is 9. The Morgan fingerprint density at radius 2 is 1.97 bits per heavy atom. The maximum atomic E-state index is 12.5. The molecule has 3 rings (SSSR count). The molecule has 1 aliphatic heterocycles. The van der Waals surface area contributed by atoms with Crippen molar-refractivity contribution in [2.24, 2.45) is 0 Å². The topological polar surface area (TPSA) is 129 Å². The minimum Gasteiger partial charge on any atom is -0.464 e. The Balaban J connectivity index is 1.61. The van der Waals surface area contributed by atoms with Gasteiger partial charge in [-0.25, -0.2) is 4.98 Å². The molecule has 0 aliphatic carbocycles. The van der Waals surface area contributed by atoms with E-state index in [1.807, 2.05) is 6.92 Å². The predicted octanol–water partition coefficient (Wildman–Crippen LogP) is 4.16. The summed E-state index contributed by atoms with van der Waals surface area (Å²) in [4.78, 5) is 51.5. The van der Waals surface area contributed by atoms with Gasteiger partial charge < -0.3 is 9.47 Å². The first kappa shape index (κ1) is 22.9. The molecule has 0 N–H and O–H groups in total. The smallest absolute Gasteiger partial charge is 0.326 e. The van der Waals surface area contributed by atoms with E-state index in [-0.39, 0.29) is 23.1 Å². The van der Waals surface area contributed by atoms with Gasteiger partial charge in [0.15, 0.2) is 0 Å². The highest BCUT2D eigenvalue weighted by Crippen LogP contribution is 2.32. The van der Waals surface area contributed by atoms with Crippen LogP contribution in [0.4, 0.5) is 10.5 Å². The third-order valence-corrected chi connectivity index (χ3v) is 5.16. The monoisotopic (exact) mass is 457 g/mol. The molecule has 11 heteroatoms. The number of carbonyl (C=O) groups excluding carboxylic acids is 3. The number of imide groups is 1. The number of nitrogens with zero attached hydrogens (tertiary/aromatic N) is 3. The van der Waals surface area contributed by atoms with Crippen molar-refractivity contribution in [1.82, 2.24) is 9.88 Å². The summed E-state index contributed by atoms with van der Waals surface area (Å²) in [6.45, 7) is 1.80. The van der Waals surface area contributed by atoms with E-state index < -0.39 is 28.6 Å². The van der Waals surface area contributed by atoms with Crippen molar-refractivity contribution < 1.29 is 28.8 Å². The molecule has 2 amide bonds. The normalized spacial score (nSPS) is 14.7. The maximum absolute atomic E-state index is 12.5. The fraction of sp³-hybridized carbons (Fsp3) is 0.238. The Morgan fingerprint density at radius 3 is 2.59 bits per heavy atom. The van der Waals surface area contributed by atoms with E-state index in [1.54, 1.807) is 30.3 Å². The minimum atomic E-state index is -0.622. The number of aromatic nitrogens is 1. The van der Waals surface area contributed by atoms with Gasteiger partial charge in [-0.3, -0.25) is 29.4 Å². The summed E-state index contributed by atoms with van der Waals surface area (Å²) in [7, 11) is 0. The van der Waals surface area contributed by atoms with Gasteiger partial charge in [-0.1, -0.05) is 25.5 Å². The lowest BCUT2D eigenvalue weighted by Crippen LogP contribution is -2.34. The van der Waals surface area contributed by atoms with Gasteiger partial charge in [0, 0.05) is 12.1 Å². The van der Waals surface area contributed by atoms with Crippen molar-refractivity contribution in [1.29, 1.82) is 0 Å². The Labute approximate surface area is 187 Å². The molecule has 2 heterocycles. The van der Waals surface area contributed by atoms with E-state index in [4.69, 9.17) is 9.47 Å². The number of hydrogen-bond donors (Lipinski definition) is 0. The fourth-order valence-electron chi connectivity index (χ4n) is 2.59. The number of rotatable bonds is 9. The summed E-state index contributed by atoms with van der Waals surface area (Å²) in [5.74, 6) is -0.548. The van der Waals surface area contributed by atoms with Crippen molar-refractivity contribution in [3.05, 3.63) is 63.2 Å². The Morgan fingerprint density at radius 1 is 1.22 bits per heavy atom. The highest BCUT2D eigenvalue weighted by Gasteiger charge is 2.36. The van der Waals surface area contributed by atoms with Crippen LogP contribution in [0, 0.1) is 10.1 Å². The lowest BCUT2D eigenvalue weighted by molar-refractivity contribution is -0.385. The molecule has 32 heavy (non-hydrogen) atoms. The number of unbranched alkanes of at least 4 members (excludes halogenated alkanes) is 1. The number of nitro groups is 1. The van der Waals surface area contributed by atoms with Gasteiger partial charge in [-0.05, 0) is 42.0 Å². The van der Waals surface area contributed by atoms with Crippen LogP contribution in [0.25, 0.3) is 6.08 Å². The Kier molecular flexibility index (Phi) is 7.55. The number of amides is 2. The summed E-state index contributed by atoms with van der Waals surface area (Å²) in [6, 6.07) is 9.28. The lowest BCUT2D eigenvalue weighted by Gasteiger charge is -2.11. The van der Waals surface area contributed by atoms with Gasteiger partial charge in [0.05, 0.1) is 16.4 Å². The van der Waals surface area contributed by atoms with Crippen molar-refractivity contribution in [3.63, 3.8) is 0 Å².